The molecule has 0 spiro atoms. The van der Waals surface area contributed by atoms with E-state index in [1.807, 2.05) is 4.90 Å². The lowest BCUT2D eigenvalue weighted by Crippen LogP contribution is -2.46. The van der Waals surface area contributed by atoms with Gasteiger partial charge in [0.2, 0.25) is 0 Å². The third-order valence-electron chi connectivity index (χ3n) is 4.05. The van der Waals surface area contributed by atoms with Crippen molar-refractivity contribution >= 4 is 34.2 Å². The molecule has 2 aliphatic heterocycles. The van der Waals surface area contributed by atoms with Crippen LogP contribution in [0.3, 0.4) is 0 Å². The topological polar surface area (TPSA) is 32.3 Å². The number of rotatable bonds is 1. The van der Waals surface area contributed by atoms with Crippen LogP contribution in [0.5, 0.6) is 0 Å². The van der Waals surface area contributed by atoms with Gasteiger partial charge < -0.3 is 10.2 Å². The molecule has 20 heavy (non-hydrogen) atoms. The van der Waals surface area contributed by atoms with Gasteiger partial charge in [0.15, 0.2) is 0 Å². The Bertz CT molecular complexity index is 494. The standard InChI is InChI=1S/C14H16BrFN2O.ClH/c15-11-5-10(6-12(16)7-11)14(19)18-4-2-13-9(8-18)1-3-17-13;/h5-7,9,13,17H,1-4,8H2;1H. The van der Waals surface area contributed by atoms with Crippen LogP contribution in [0.4, 0.5) is 4.39 Å². The molecule has 3 rings (SSSR count). The zero-order chi connectivity index (χ0) is 13.4. The highest BCUT2D eigenvalue weighted by Crippen LogP contribution is 2.26. The summed E-state index contributed by atoms with van der Waals surface area (Å²) < 4.78 is 14.0. The second-order valence-corrected chi connectivity index (χ2v) is 6.22. The molecular weight excluding hydrogens is 347 g/mol. The lowest BCUT2D eigenvalue weighted by Gasteiger charge is -2.35. The monoisotopic (exact) mass is 362 g/mol. The molecule has 2 unspecified atom stereocenters. The fourth-order valence-electron chi connectivity index (χ4n) is 3.09. The normalized spacial score (nSPS) is 25.0. The molecule has 1 aromatic carbocycles. The van der Waals surface area contributed by atoms with E-state index in [1.165, 1.54) is 12.1 Å². The molecular formula is C14H17BrClFN2O. The van der Waals surface area contributed by atoms with Crippen molar-refractivity contribution in [1.82, 2.24) is 10.2 Å². The van der Waals surface area contributed by atoms with E-state index in [-0.39, 0.29) is 24.1 Å². The minimum absolute atomic E-state index is 0. The molecule has 0 radical (unpaired) electrons. The average Bonchev–Trinajstić information content (AvgIpc) is 2.83. The van der Waals surface area contributed by atoms with Crippen molar-refractivity contribution in [2.24, 2.45) is 5.92 Å². The highest BCUT2D eigenvalue weighted by atomic mass is 79.9. The first kappa shape index (κ1) is 15.7. The van der Waals surface area contributed by atoms with Gasteiger partial charge in [-0.15, -0.1) is 12.4 Å². The first-order valence-electron chi connectivity index (χ1n) is 6.62. The van der Waals surface area contributed by atoms with Crippen LogP contribution in [0.2, 0.25) is 0 Å². The fraction of sp³-hybridized carbons (Fsp3) is 0.500. The predicted molar refractivity (Wildman–Crippen MR) is 81.8 cm³/mol. The lowest BCUT2D eigenvalue weighted by atomic mass is 9.93. The van der Waals surface area contributed by atoms with Crippen molar-refractivity contribution in [2.75, 3.05) is 19.6 Å². The molecule has 0 aliphatic carbocycles. The maximum Gasteiger partial charge on any atom is 0.254 e. The van der Waals surface area contributed by atoms with E-state index in [0.717, 1.165) is 32.5 Å². The van der Waals surface area contributed by atoms with E-state index in [1.54, 1.807) is 6.07 Å². The van der Waals surface area contributed by atoms with Gasteiger partial charge in [-0.3, -0.25) is 4.79 Å². The Labute approximate surface area is 132 Å². The fourth-order valence-corrected chi connectivity index (χ4v) is 3.56. The molecule has 1 N–H and O–H groups in total. The van der Waals surface area contributed by atoms with Crippen LogP contribution in [0.1, 0.15) is 23.2 Å². The Morgan fingerprint density at radius 1 is 1.35 bits per heavy atom. The van der Waals surface area contributed by atoms with E-state index in [0.29, 0.717) is 22.0 Å². The van der Waals surface area contributed by atoms with Crippen molar-refractivity contribution in [3.8, 4) is 0 Å². The number of piperidine rings is 1. The van der Waals surface area contributed by atoms with Crippen LogP contribution in [-0.4, -0.2) is 36.5 Å². The second kappa shape index (κ2) is 6.41. The van der Waals surface area contributed by atoms with Crippen molar-refractivity contribution in [1.29, 1.82) is 0 Å². The minimum atomic E-state index is -0.379. The zero-order valence-corrected chi connectivity index (χ0v) is 13.3. The van der Waals surface area contributed by atoms with E-state index in [4.69, 9.17) is 0 Å². The Balaban J connectivity index is 0.00000147. The molecule has 0 saturated carbocycles. The van der Waals surface area contributed by atoms with Gasteiger partial charge in [0, 0.05) is 29.2 Å². The number of carbonyl (C=O) groups is 1. The van der Waals surface area contributed by atoms with Gasteiger partial charge in [-0.1, -0.05) is 15.9 Å². The summed E-state index contributed by atoms with van der Waals surface area (Å²) >= 11 is 3.23. The van der Waals surface area contributed by atoms with E-state index < -0.39 is 0 Å². The van der Waals surface area contributed by atoms with Crippen LogP contribution >= 0.6 is 28.3 Å². The van der Waals surface area contributed by atoms with Gasteiger partial charge in [-0.05, 0) is 43.5 Å². The summed E-state index contributed by atoms with van der Waals surface area (Å²) in [6.45, 7) is 2.58. The highest BCUT2D eigenvalue weighted by molar-refractivity contribution is 9.10. The summed E-state index contributed by atoms with van der Waals surface area (Å²) in [6.07, 6.45) is 2.12. The number of hydrogen-bond acceptors (Lipinski definition) is 2. The molecule has 1 amide bonds. The maximum absolute atomic E-state index is 13.4. The molecule has 2 atom stereocenters. The molecule has 0 bridgehead atoms. The predicted octanol–water partition coefficient (Wildman–Crippen LogP) is 2.83. The van der Waals surface area contributed by atoms with Crippen LogP contribution in [0, 0.1) is 11.7 Å². The zero-order valence-electron chi connectivity index (χ0n) is 10.9. The molecule has 1 aromatic rings. The van der Waals surface area contributed by atoms with Crippen molar-refractivity contribution in [3.63, 3.8) is 0 Å². The summed E-state index contributed by atoms with van der Waals surface area (Å²) in [7, 11) is 0. The summed E-state index contributed by atoms with van der Waals surface area (Å²) in [4.78, 5) is 14.3. The number of fused-ring (bicyclic) bond motifs is 1. The second-order valence-electron chi connectivity index (χ2n) is 5.31. The molecule has 0 aromatic heterocycles. The lowest BCUT2D eigenvalue weighted by molar-refractivity contribution is 0.0661. The summed E-state index contributed by atoms with van der Waals surface area (Å²) in [6, 6.07) is 4.92. The maximum atomic E-state index is 13.4. The van der Waals surface area contributed by atoms with Gasteiger partial charge >= 0.3 is 0 Å². The first-order valence-corrected chi connectivity index (χ1v) is 7.41. The van der Waals surface area contributed by atoms with Gasteiger partial charge in [0.25, 0.3) is 5.91 Å². The molecule has 2 saturated heterocycles. The number of nitrogens with one attached hydrogen (secondary N) is 1. The molecule has 2 heterocycles. The van der Waals surface area contributed by atoms with Crippen LogP contribution in [-0.2, 0) is 0 Å². The number of hydrogen-bond donors (Lipinski definition) is 1. The third-order valence-corrected chi connectivity index (χ3v) is 4.51. The summed E-state index contributed by atoms with van der Waals surface area (Å²) in [5.41, 5.74) is 0.427. The molecule has 6 heteroatoms. The van der Waals surface area contributed by atoms with E-state index in [9.17, 15) is 9.18 Å². The Kier molecular flexibility index (Phi) is 5.04. The average molecular weight is 364 g/mol. The van der Waals surface area contributed by atoms with Gasteiger partial charge in [-0.25, -0.2) is 4.39 Å². The SMILES string of the molecule is Cl.O=C(c1cc(F)cc(Br)c1)N1CCC2NCCC2C1. The number of nitrogens with zero attached hydrogens (tertiary/aromatic N) is 1. The number of amides is 1. The number of halogens is 3. The van der Waals surface area contributed by atoms with Crippen LogP contribution < -0.4 is 5.32 Å². The highest BCUT2D eigenvalue weighted by Gasteiger charge is 2.34. The third kappa shape index (κ3) is 3.15. The van der Waals surface area contributed by atoms with Crippen LogP contribution in [0.25, 0.3) is 0 Å². The number of likely N-dealkylation sites (tertiary alicyclic amines) is 1. The van der Waals surface area contributed by atoms with E-state index in [2.05, 4.69) is 21.2 Å². The number of carbonyl (C=O) groups excluding carboxylic acids is 1. The number of benzene rings is 1. The Hall–Kier alpha value is -0.650. The minimum Gasteiger partial charge on any atom is -0.338 e. The summed E-state index contributed by atoms with van der Waals surface area (Å²) in [5, 5.41) is 3.47. The van der Waals surface area contributed by atoms with Crippen molar-refractivity contribution in [3.05, 3.63) is 34.1 Å². The van der Waals surface area contributed by atoms with Gasteiger partial charge in [-0.2, -0.15) is 0 Å². The van der Waals surface area contributed by atoms with Gasteiger partial charge in [0.1, 0.15) is 5.82 Å². The smallest absolute Gasteiger partial charge is 0.254 e. The quantitative estimate of drug-likeness (QED) is 0.832. The molecule has 3 nitrogen and oxygen atoms in total. The van der Waals surface area contributed by atoms with Crippen molar-refractivity contribution in [2.45, 2.75) is 18.9 Å². The Morgan fingerprint density at radius 3 is 2.90 bits per heavy atom. The first-order chi connectivity index (χ1) is 9.13. The van der Waals surface area contributed by atoms with Crippen molar-refractivity contribution < 1.29 is 9.18 Å². The van der Waals surface area contributed by atoms with E-state index >= 15 is 0 Å². The van der Waals surface area contributed by atoms with Gasteiger partial charge in [0.05, 0.1) is 0 Å². The Morgan fingerprint density at radius 2 is 2.15 bits per heavy atom. The largest absolute Gasteiger partial charge is 0.338 e. The molecule has 2 aliphatic rings. The molecule has 110 valence electrons. The van der Waals surface area contributed by atoms with Crippen LogP contribution in [0.15, 0.2) is 22.7 Å². The summed E-state index contributed by atoms with van der Waals surface area (Å²) in [5.74, 6) is 0.107. The molecule has 2 fully saturated rings.